The van der Waals surface area contributed by atoms with Gasteiger partial charge in [0.2, 0.25) is 5.91 Å². The van der Waals surface area contributed by atoms with Gasteiger partial charge in [-0.15, -0.1) is 0 Å². The van der Waals surface area contributed by atoms with E-state index in [-0.39, 0.29) is 24.2 Å². The third kappa shape index (κ3) is 6.23. The number of amides is 2. The van der Waals surface area contributed by atoms with E-state index < -0.39 is 17.6 Å². The third-order valence-electron chi connectivity index (χ3n) is 5.37. The molecule has 8 heteroatoms. The van der Waals surface area contributed by atoms with Gasteiger partial charge >= 0.3 is 6.18 Å². The summed E-state index contributed by atoms with van der Waals surface area (Å²) in [6, 6.07) is 10.1. The zero-order chi connectivity index (χ0) is 22.4. The summed E-state index contributed by atoms with van der Waals surface area (Å²) < 4.78 is 39.2. The van der Waals surface area contributed by atoms with Crippen molar-refractivity contribution in [3.63, 3.8) is 0 Å². The Morgan fingerprint density at radius 3 is 2.39 bits per heavy atom. The summed E-state index contributed by atoms with van der Waals surface area (Å²) in [7, 11) is 0. The van der Waals surface area contributed by atoms with Gasteiger partial charge in [-0.3, -0.25) is 9.59 Å². The standard InChI is InChI=1S/C23H26F3N3O2/c1-15-13-16(22(31)28-17-7-3-2-4-8-17)11-12-19(15)27-14-21(30)29-20-10-6-5-9-18(20)23(24,25)26/h5-6,9-13,17,27H,2-4,7-8,14H2,1H3,(H,28,31)(H,29,30). The van der Waals surface area contributed by atoms with E-state index in [4.69, 9.17) is 0 Å². The molecule has 0 heterocycles. The van der Waals surface area contributed by atoms with Crippen LogP contribution >= 0.6 is 0 Å². The van der Waals surface area contributed by atoms with Crippen LogP contribution in [0.1, 0.15) is 53.6 Å². The summed E-state index contributed by atoms with van der Waals surface area (Å²) >= 11 is 0. The molecule has 2 aromatic carbocycles. The molecule has 1 saturated carbocycles. The number of anilines is 2. The van der Waals surface area contributed by atoms with Crippen LogP contribution in [0.3, 0.4) is 0 Å². The van der Waals surface area contributed by atoms with Crippen LogP contribution in [-0.4, -0.2) is 24.4 Å². The van der Waals surface area contributed by atoms with Crippen LogP contribution in [0.15, 0.2) is 42.5 Å². The number of rotatable bonds is 6. The highest BCUT2D eigenvalue weighted by molar-refractivity contribution is 5.96. The van der Waals surface area contributed by atoms with Crippen LogP contribution in [0, 0.1) is 6.92 Å². The van der Waals surface area contributed by atoms with Crippen molar-refractivity contribution in [2.75, 3.05) is 17.2 Å². The number of aryl methyl sites for hydroxylation is 1. The topological polar surface area (TPSA) is 70.2 Å². The minimum absolute atomic E-state index is 0.122. The predicted octanol–water partition coefficient (Wildman–Crippen LogP) is 5.13. The predicted molar refractivity (Wildman–Crippen MR) is 114 cm³/mol. The van der Waals surface area contributed by atoms with E-state index in [1.165, 1.54) is 24.6 Å². The van der Waals surface area contributed by atoms with Crippen molar-refractivity contribution >= 4 is 23.2 Å². The second kappa shape index (κ2) is 9.85. The van der Waals surface area contributed by atoms with E-state index in [0.29, 0.717) is 11.3 Å². The summed E-state index contributed by atoms with van der Waals surface area (Å²) in [5, 5.41) is 8.27. The Bertz CT molecular complexity index is 938. The Labute approximate surface area is 179 Å². The van der Waals surface area contributed by atoms with Gasteiger partial charge in [-0.05, 0) is 55.7 Å². The first kappa shape index (κ1) is 22.7. The van der Waals surface area contributed by atoms with Crippen LogP contribution in [0.5, 0.6) is 0 Å². The molecule has 2 aromatic rings. The summed E-state index contributed by atoms with van der Waals surface area (Å²) in [6.45, 7) is 1.59. The van der Waals surface area contributed by atoms with Gasteiger partial charge in [-0.1, -0.05) is 31.4 Å². The number of benzene rings is 2. The van der Waals surface area contributed by atoms with Crippen molar-refractivity contribution in [2.45, 2.75) is 51.2 Å². The van der Waals surface area contributed by atoms with E-state index >= 15 is 0 Å². The maximum atomic E-state index is 13.1. The van der Waals surface area contributed by atoms with Crippen molar-refractivity contribution in [1.29, 1.82) is 0 Å². The van der Waals surface area contributed by atoms with Crippen LogP contribution in [0.25, 0.3) is 0 Å². The number of hydrogen-bond donors (Lipinski definition) is 3. The number of nitrogens with one attached hydrogen (secondary N) is 3. The molecular formula is C23H26F3N3O2. The third-order valence-corrected chi connectivity index (χ3v) is 5.37. The molecule has 0 saturated heterocycles. The van der Waals surface area contributed by atoms with Crippen molar-refractivity contribution in [3.8, 4) is 0 Å². The van der Waals surface area contributed by atoms with Crippen molar-refractivity contribution in [3.05, 3.63) is 59.2 Å². The number of halogens is 3. The molecule has 2 amide bonds. The molecule has 0 atom stereocenters. The van der Waals surface area contributed by atoms with Crippen LogP contribution in [-0.2, 0) is 11.0 Å². The number of para-hydroxylation sites is 1. The molecule has 3 N–H and O–H groups in total. The second-order valence-corrected chi connectivity index (χ2v) is 7.78. The van der Waals surface area contributed by atoms with Gasteiger partial charge < -0.3 is 16.0 Å². The first-order valence-electron chi connectivity index (χ1n) is 10.4. The molecular weight excluding hydrogens is 407 g/mol. The summed E-state index contributed by atoms with van der Waals surface area (Å²) in [5.41, 5.74) is 0.756. The monoisotopic (exact) mass is 433 g/mol. The van der Waals surface area contributed by atoms with E-state index in [1.54, 1.807) is 25.1 Å². The van der Waals surface area contributed by atoms with Gasteiger partial charge in [0.1, 0.15) is 0 Å². The van der Waals surface area contributed by atoms with Crippen molar-refractivity contribution in [2.24, 2.45) is 0 Å². The largest absolute Gasteiger partial charge is 0.418 e. The maximum absolute atomic E-state index is 13.1. The lowest BCUT2D eigenvalue weighted by atomic mass is 9.95. The fourth-order valence-electron chi connectivity index (χ4n) is 3.73. The van der Waals surface area contributed by atoms with E-state index in [1.807, 2.05) is 0 Å². The highest BCUT2D eigenvalue weighted by atomic mass is 19.4. The maximum Gasteiger partial charge on any atom is 0.418 e. The van der Waals surface area contributed by atoms with Gasteiger partial charge in [-0.25, -0.2) is 0 Å². The summed E-state index contributed by atoms with van der Waals surface area (Å²) in [6.07, 6.45) is 0.904. The SMILES string of the molecule is Cc1cc(C(=O)NC2CCCCC2)ccc1NCC(=O)Nc1ccccc1C(F)(F)F. The van der Waals surface area contributed by atoms with Crippen LogP contribution < -0.4 is 16.0 Å². The molecule has 0 aliphatic heterocycles. The quantitative estimate of drug-likeness (QED) is 0.592. The lowest BCUT2D eigenvalue weighted by Crippen LogP contribution is -2.36. The molecule has 3 rings (SSSR count). The van der Waals surface area contributed by atoms with Crippen LogP contribution in [0.2, 0.25) is 0 Å². The molecule has 31 heavy (non-hydrogen) atoms. The fourth-order valence-corrected chi connectivity index (χ4v) is 3.73. The second-order valence-electron chi connectivity index (χ2n) is 7.78. The molecule has 0 spiro atoms. The lowest BCUT2D eigenvalue weighted by molar-refractivity contribution is -0.137. The van der Waals surface area contributed by atoms with E-state index in [0.717, 1.165) is 37.3 Å². The molecule has 1 aliphatic carbocycles. The molecule has 0 aromatic heterocycles. The zero-order valence-electron chi connectivity index (χ0n) is 17.3. The molecule has 1 fully saturated rings. The Morgan fingerprint density at radius 2 is 1.71 bits per heavy atom. The average Bonchev–Trinajstić information content (AvgIpc) is 2.73. The minimum atomic E-state index is -4.55. The first-order chi connectivity index (χ1) is 14.7. The molecule has 166 valence electrons. The molecule has 0 bridgehead atoms. The number of hydrogen-bond acceptors (Lipinski definition) is 3. The molecule has 0 radical (unpaired) electrons. The van der Waals surface area contributed by atoms with Gasteiger partial charge in [0.05, 0.1) is 17.8 Å². The van der Waals surface area contributed by atoms with Crippen molar-refractivity contribution in [1.82, 2.24) is 5.32 Å². The van der Waals surface area contributed by atoms with Gasteiger partial charge in [-0.2, -0.15) is 13.2 Å². The fraction of sp³-hybridized carbons (Fsp3) is 0.391. The van der Waals surface area contributed by atoms with E-state index in [9.17, 15) is 22.8 Å². The Kier molecular flexibility index (Phi) is 7.20. The zero-order valence-corrected chi connectivity index (χ0v) is 17.3. The molecule has 5 nitrogen and oxygen atoms in total. The molecule has 1 aliphatic rings. The lowest BCUT2D eigenvalue weighted by Gasteiger charge is -2.23. The number of carbonyl (C=O) groups excluding carboxylic acids is 2. The van der Waals surface area contributed by atoms with Gasteiger partial charge in [0.25, 0.3) is 5.91 Å². The van der Waals surface area contributed by atoms with Gasteiger partial charge in [0.15, 0.2) is 0 Å². The summed E-state index contributed by atoms with van der Waals surface area (Å²) in [4.78, 5) is 24.6. The van der Waals surface area contributed by atoms with Crippen molar-refractivity contribution < 1.29 is 22.8 Å². The number of carbonyl (C=O) groups is 2. The Balaban J connectivity index is 1.57. The normalized spacial score (nSPS) is 14.7. The minimum Gasteiger partial charge on any atom is -0.376 e. The highest BCUT2D eigenvalue weighted by Crippen LogP contribution is 2.34. The Hall–Kier alpha value is -3.03. The first-order valence-corrected chi connectivity index (χ1v) is 10.4. The smallest absolute Gasteiger partial charge is 0.376 e. The number of alkyl halides is 3. The molecule has 0 unspecified atom stereocenters. The summed E-state index contributed by atoms with van der Waals surface area (Å²) in [5.74, 6) is -0.724. The Morgan fingerprint density at radius 1 is 1.00 bits per heavy atom. The van der Waals surface area contributed by atoms with Gasteiger partial charge in [0, 0.05) is 17.3 Å². The highest BCUT2D eigenvalue weighted by Gasteiger charge is 2.33. The van der Waals surface area contributed by atoms with E-state index in [2.05, 4.69) is 16.0 Å². The average molecular weight is 433 g/mol. The van der Waals surface area contributed by atoms with Crippen LogP contribution in [0.4, 0.5) is 24.5 Å².